The molecule has 0 fully saturated rings. The van der Waals surface area contributed by atoms with Gasteiger partial charge in [-0.25, -0.2) is 16.8 Å². The average Bonchev–Trinajstić information content (AvgIpc) is 2.61. The number of hydrogen-bond donors (Lipinski definition) is 1. The molecular formula is C19H24N2O5S2. The van der Waals surface area contributed by atoms with Crippen LogP contribution in [0, 0.1) is 13.8 Å². The molecule has 7 nitrogen and oxygen atoms in total. The number of nitrogens with zero attached hydrogens (tertiary/aromatic N) is 1. The molecule has 1 aliphatic heterocycles. The van der Waals surface area contributed by atoms with Gasteiger partial charge in [-0.1, -0.05) is 6.07 Å². The van der Waals surface area contributed by atoms with Crippen molar-refractivity contribution in [1.82, 2.24) is 4.31 Å². The fraction of sp³-hybridized carbons (Fsp3) is 0.368. The predicted octanol–water partition coefficient (Wildman–Crippen LogP) is 2.43. The van der Waals surface area contributed by atoms with E-state index in [0.29, 0.717) is 18.7 Å². The van der Waals surface area contributed by atoms with Crippen molar-refractivity contribution < 1.29 is 21.6 Å². The van der Waals surface area contributed by atoms with E-state index in [2.05, 4.69) is 4.72 Å². The van der Waals surface area contributed by atoms with Crippen molar-refractivity contribution in [3.63, 3.8) is 0 Å². The lowest BCUT2D eigenvalue weighted by Gasteiger charge is -2.27. The van der Waals surface area contributed by atoms with Crippen LogP contribution in [0.15, 0.2) is 35.2 Å². The van der Waals surface area contributed by atoms with E-state index in [4.69, 9.17) is 4.74 Å². The maximum atomic E-state index is 12.9. The highest BCUT2D eigenvalue weighted by atomic mass is 32.2. The van der Waals surface area contributed by atoms with Gasteiger partial charge < -0.3 is 4.74 Å². The zero-order chi connectivity index (χ0) is 20.7. The number of aryl methyl sites for hydroxylation is 2. The number of rotatable bonds is 5. The third kappa shape index (κ3) is 4.16. The summed E-state index contributed by atoms with van der Waals surface area (Å²) in [5.74, 6) is 0.275. The predicted molar refractivity (Wildman–Crippen MR) is 109 cm³/mol. The van der Waals surface area contributed by atoms with Crippen LogP contribution in [-0.2, 0) is 33.0 Å². The minimum absolute atomic E-state index is 0.0635. The van der Waals surface area contributed by atoms with Crippen LogP contribution in [-0.4, -0.2) is 41.1 Å². The molecule has 3 rings (SSSR count). The van der Waals surface area contributed by atoms with Crippen molar-refractivity contribution in [2.75, 3.05) is 24.6 Å². The zero-order valence-electron chi connectivity index (χ0n) is 16.3. The topological polar surface area (TPSA) is 92.8 Å². The van der Waals surface area contributed by atoms with E-state index in [1.165, 1.54) is 17.7 Å². The van der Waals surface area contributed by atoms with E-state index in [0.717, 1.165) is 22.3 Å². The summed E-state index contributed by atoms with van der Waals surface area (Å²) in [6, 6.07) is 8.50. The summed E-state index contributed by atoms with van der Waals surface area (Å²) in [6.45, 7) is 4.39. The molecule has 0 bridgehead atoms. The molecule has 2 aromatic rings. The maximum Gasteiger partial charge on any atom is 0.265 e. The van der Waals surface area contributed by atoms with E-state index in [-0.39, 0.29) is 17.2 Å². The number of nitrogens with one attached hydrogen (secondary N) is 1. The SMILES string of the molecule is COc1cc(C)c(C)cc1S(=O)(=O)Nc1ccc2c(c1)CN(S(C)(=O)=O)CC2. The molecule has 1 aliphatic rings. The van der Waals surface area contributed by atoms with Gasteiger partial charge in [0.05, 0.1) is 13.4 Å². The Balaban J connectivity index is 1.94. The lowest BCUT2D eigenvalue weighted by molar-refractivity contribution is 0.395. The van der Waals surface area contributed by atoms with Crippen molar-refractivity contribution in [2.45, 2.75) is 31.7 Å². The summed E-state index contributed by atoms with van der Waals surface area (Å²) >= 11 is 0. The van der Waals surface area contributed by atoms with Gasteiger partial charge in [0.2, 0.25) is 10.0 Å². The molecule has 28 heavy (non-hydrogen) atoms. The standard InChI is InChI=1S/C19H24N2O5S2/c1-13-9-18(26-3)19(10-14(13)2)28(24,25)20-17-6-5-15-7-8-21(27(4,22)23)12-16(15)11-17/h5-6,9-11,20H,7-8,12H2,1-4H3. The van der Waals surface area contributed by atoms with Gasteiger partial charge in [-0.2, -0.15) is 4.31 Å². The molecule has 1 N–H and O–H groups in total. The molecule has 0 aromatic heterocycles. The Morgan fingerprint density at radius 1 is 1.00 bits per heavy atom. The summed E-state index contributed by atoms with van der Waals surface area (Å²) in [4.78, 5) is 0.0635. The Kier molecular flexibility index (Phi) is 5.44. The molecule has 0 saturated heterocycles. The molecule has 2 aromatic carbocycles. The highest BCUT2D eigenvalue weighted by molar-refractivity contribution is 7.92. The van der Waals surface area contributed by atoms with Crippen molar-refractivity contribution in [1.29, 1.82) is 0 Å². The van der Waals surface area contributed by atoms with Gasteiger partial charge in [-0.05, 0) is 66.8 Å². The quantitative estimate of drug-likeness (QED) is 0.796. The van der Waals surface area contributed by atoms with Gasteiger partial charge >= 0.3 is 0 Å². The number of hydrogen-bond acceptors (Lipinski definition) is 5. The van der Waals surface area contributed by atoms with Crippen LogP contribution in [0.5, 0.6) is 5.75 Å². The van der Waals surface area contributed by atoms with Gasteiger partial charge in [0, 0.05) is 18.8 Å². The summed E-state index contributed by atoms with van der Waals surface area (Å²) in [5.41, 5.74) is 3.98. The van der Waals surface area contributed by atoms with Crippen molar-refractivity contribution in [3.05, 3.63) is 52.6 Å². The molecule has 152 valence electrons. The summed E-state index contributed by atoms with van der Waals surface area (Å²) < 4.78 is 58.8. The van der Waals surface area contributed by atoms with Crippen LogP contribution >= 0.6 is 0 Å². The number of sulfonamides is 2. The Morgan fingerprint density at radius 3 is 2.32 bits per heavy atom. The highest BCUT2D eigenvalue weighted by Crippen LogP contribution is 2.30. The zero-order valence-corrected chi connectivity index (χ0v) is 17.9. The molecular weight excluding hydrogens is 400 g/mol. The lowest BCUT2D eigenvalue weighted by atomic mass is 10.0. The minimum atomic E-state index is -3.87. The largest absolute Gasteiger partial charge is 0.495 e. The van der Waals surface area contributed by atoms with E-state index in [1.807, 2.05) is 19.9 Å². The third-order valence-electron chi connectivity index (χ3n) is 4.97. The second-order valence-electron chi connectivity index (χ2n) is 7.02. The number of benzene rings is 2. The van der Waals surface area contributed by atoms with Crippen LogP contribution < -0.4 is 9.46 Å². The molecule has 0 radical (unpaired) electrons. The lowest BCUT2D eigenvalue weighted by Crippen LogP contribution is -2.35. The van der Waals surface area contributed by atoms with E-state index >= 15 is 0 Å². The first-order valence-electron chi connectivity index (χ1n) is 8.76. The monoisotopic (exact) mass is 424 g/mol. The number of ether oxygens (including phenoxy) is 1. The van der Waals surface area contributed by atoms with Crippen LogP contribution in [0.3, 0.4) is 0 Å². The summed E-state index contributed by atoms with van der Waals surface area (Å²) in [6.07, 6.45) is 1.77. The van der Waals surface area contributed by atoms with Gasteiger partial charge in [0.1, 0.15) is 10.6 Å². The van der Waals surface area contributed by atoms with Gasteiger partial charge in [-0.3, -0.25) is 4.72 Å². The third-order valence-corrected chi connectivity index (χ3v) is 7.63. The van der Waals surface area contributed by atoms with Crippen molar-refractivity contribution in [3.8, 4) is 5.75 Å². The Morgan fingerprint density at radius 2 is 1.68 bits per heavy atom. The molecule has 0 amide bonds. The Labute approximate surface area is 166 Å². The van der Waals surface area contributed by atoms with Crippen LogP contribution in [0.25, 0.3) is 0 Å². The van der Waals surface area contributed by atoms with Gasteiger partial charge in [-0.15, -0.1) is 0 Å². The van der Waals surface area contributed by atoms with E-state index in [1.54, 1.807) is 24.3 Å². The molecule has 0 saturated carbocycles. The number of fused-ring (bicyclic) bond motifs is 1. The first-order chi connectivity index (χ1) is 13.0. The molecule has 1 heterocycles. The van der Waals surface area contributed by atoms with Gasteiger partial charge in [0.15, 0.2) is 0 Å². The first kappa shape index (κ1) is 20.6. The molecule has 0 unspecified atom stereocenters. The van der Waals surface area contributed by atoms with Crippen molar-refractivity contribution in [2.24, 2.45) is 0 Å². The summed E-state index contributed by atoms with van der Waals surface area (Å²) in [7, 11) is -5.74. The number of anilines is 1. The second kappa shape index (κ2) is 7.38. The smallest absolute Gasteiger partial charge is 0.265 e. The molecule has 0 aliphatic carbocycles. The normalized spacial score (nSPS) is 15.1. The second-order valence-corrected chi connectivity index (χ2v) is 10.7. The van der Waals surface area contributed by atoms with E-state index in [9.17, 15) is 16.8 Å². The molecule has 9 heteroatoms. The maximum absolute atomic E-state index is 12.9. The Bertz CT molecular complexity index is 1130. The van der Waals surface area contributed by atoms with Crippen LogP contribution in [0.2, 0.25) is 0 Å². The van der Waals surface area contributed by atoms with E-state index < -0.39 is 20.0 Å². The number of methoxy groups -OCH3 is 1. The van der Waals surface area contributed by atoms with Crippen molar-refractivity contribution >= 4 is 25.7 Å². The molecule has 0 atom stereocenters. The highest BCUT2D eigenvalue weighted by Gasteiger charge is 2.25. The fourth-order valence-electron chi connectivity index (χ4n) is 3.22. The van der Waals surface area contributed by atoms with Crippen LogP contribution in [0.1, 0.15) is 22.3 Å². The van der Waals surface area contributed by atoms with Gasteiger partial charge in [0.25, 0.3) is 10.0 Å². The average molecular weight is 425 g/mol. The van der Waals surface area contributed by atoms with Crippen LogP contribution in [0.4, 0.5) is 5.69 Å². The Hall–Kier alpha value is -2.10. The fourth-order valence-corrected chi connectivity index (χ4v) is 5.30. The summed E-state index contributed by atoms with van der Waals surface area (Å²) in [5, 5.41) is 0. The minimum Gasteiger partial charge on any atom is -0.495 e. The first-order valence-corrected chi connectivity index (χ1v) is 12.1. The molecule has 0 spiro atoms.